The molecule has 32 heavy (non-hydrogen) atoms. The Kier molecular flexibility index (Phi) is 4.32. The molecule has 5 heterocycles. The molecule has 0 aliphatic heterocycles. The summed E-state index contributed by atoms with van der Waals surface area (Å²) in [5.41, 5.74) is 5.82. The van der Waals surface area contributed by atoms with Crippen LogP contribution in [0.5, 0.6) is 0 Å². The van der Waals surface area contributed by atoms with E-state index < -0.39 is 0 Å². The second-order valence-corrected chi connectivity index (χ2v) is 8.25. The number of aryl methyl sites for hydroxylation is 1. The van der Waals surface area contributed by atoms with Crippen LogP contribution in [0, 0.1) is 6.92 Å². The van der Waals surface area contributed by atoms with Crippen LogP contribution in [-0.4, -0.2) is 34.3 Å². The van der Waals surface area contributed by atoms with E-state index in [4.69, 9.17) is 16.7 Å². The zero-order chi connectivity index (χ0) is 21.7. The highest BCUT2D eigenvalue weighted by molar-refractivity contribution is 6.31. The maximum absolute atomic E-state index is 6.16. The van der Waals surface area contributed by atoms with Gasteiger partial charge in [-0.2, -0.15) is 10.2 Å². The molecule has 0 fully saturated rings. The number of nitrogens with one attached hydrogen (secondary N) is 2. The number of rotatable bonds is 5. The van der Waals surface area contributed by atoms with Gasteiger partial charge in [0.15, 0.2) is 0 Å². The Morgan fingerprint density at radius 1 is 1.06 bits per heavy atom. The molecule has 6 aromatic rings. The van der Waals surface area contributed by atoms with E-state index >= 15 is 0 Å². The third-order valence-corrected chi connectivity index (χ3v) is 5.72. The summed E-state index contributed by atoms with van der Waals surface area (Å²) in [6.07, 6.45) is 7.90. The van der Waals surface area contributed by atoms with Crippen LogP contribution in [0.1, 0.15) is 17.0 Å². The number of hydrogen-bond donors (Lipinski definition) is 2. The van der Waals surface area contributed by atoms with E-state index in [9.17, 15) is 0 Å². The fourth-order valence-corrected chi connectivity index (χ4v) is 4.18. The molecule has 5 aromatic heterocycles. The summed E-state index contributed by atoms with van der Waals surface area (Å²) in [6.45, 7) is 3.17. The molecule has 158 valence electrons. The number of hydrogen-bond acceptors (Lipinski definition) is 5. The molecule has 0 amide bonds. The van der Waals surface area contributed by atoms with E-state index in [2.05, 4.69) is 37.7 Å². The van der Waals surface area contributed by atoms with Crippen molar-refractivity contribution in [1.29, 1.82) is 0 Å². The minimum absolute atomic E-state index is 0.522. The van der Waals surface area contributed by atoms with Gasteiger partial charge in [-0.1, -0.05) is 17.7 Å². The average molecular weight is 443 g/mol. The highest BCUT2D eigenvalue weighted by Gasteiger charge is 2.11. The van der Waals surface area contributed by atoms with E-state index in [-0.39, 0.29) is 0 Å². The van der Waals surface area contributed by atoms with Crippen LogP contribution in [-0.2, 0) is 13.1 Å². The van der Waals surface area contributed by atoms with Gasteiger partial charge in [-0.25, -0.2) is 9.97 Å². The minimum Gasteiger partial charge on any atom is -0.364 e. The number of aromatic nitrogens is 7. The summed E-state index contributed by atoms with van der Waals surface area (Å²) in [5, 5.41) is 18.2. The summed E-state index contributed by atoms with van der Waals surface area (Å²) in [4.78, 5) is 9.01. The lowest BCUT2D eigenvalue weighted by molar-refractivity contribution is 0.693. The van der Waals surface area contributed by atoms with Crippen LogP contribution in [0.4, 0.5) is 5.82 Å². The number of halogens is 1. The smallest absolute Gasteiger partial charge is 0.137 e. The van der Waals surface area contributed by atoms with E-state index in [1.54, 1.807) is 6.20 Å². The van der Waals surface area contributed by atoms with Gasteiger partial charge in [0.25, 0.3) is 0 Å². The van der Waals surface area contributed by atoms with Crippen molar-refractivity contribution in [2.45, 2.75) is 20.0 Å². The summed E-state index contributed by atoms with van der Waals surface area (Å²) in [5.74, 6) is 0.771. The van der Waals surface area contributed by atoms with Crippen LogP contribution in [0.3, 0.4) is 0 Å². The van der Waals surface area contributed by atoms with Gasteiger partial charge in [0.2, 0.25) is 0 Å². The Labute approximate surface area is 187 Å². The maximum Gasteiger partial charge on any atom is 0.137 e. The van der Waals surface area contributed by atoms with Gasteiger partial charge in [0, 0.05) is 35.2 Å². The lowest BCUT2D eigenvalue weighted by Crippen LogP contribution is -2.02. The number of nitrogens with zero attached hydrogens (tertiary/aromatic N) is 6. The molecule has 0 saturated heterocycles. The first-order valence-corrected chi connectivity index (χ1v) is 10.6. The molecule has 0 aliphatic carbocycles. The normalized spacial score (nSPS) is 11.7. The highest BCUT2D eigenvalue weighted by Crippen LogP contribution is 2.24. The van der Waals surface area contributed by atoms with Crippen molar-refractivity contribution >= 4 is 44.9 Å². The first kappa shape index (κ1) is 18.8. The zero-order valence-corrected chi connectivity index (χ0v) is 18.0. The van der Waals surface area contributed by atoms with Crippen molar-refractivity contribution in [3.63, 3.8) is 0 Å². The predicted molar refractivity (Wildman–Crippen MR) is 125 cm³/mol. The number of H-pyrrole nitrogens is 1. The molecule has 1 aromatic carbocycles. The number of fused-ring (bicyclic) bond motifs is 3. The Morgan fingerprint density at radius 2 is 2.00 bits per heavy atom. The quantitative estimate of drug-likeness (QED) is 0.408. The average Bonchev–Trinajstić information content (AvgIpc) is 3.47. The van der Waals surface area contributed by atoms with Crippen molar-refractivity contribution in [1.82, 2.24) is 34.3 Å². The van der Waals surface area contributed by atoms with Crippen molar-refractivity contribution in [3.05, 3.63) is 83.2 Å². The fraction of sp³-hybridized carbons (Fsp3) is 0.130. The second-order valence-electron chi connectivity index (χ2n) is 7.82. The molecule has 8 nitrogen and oxygen atoms in total. The molecule has 0 radical (unpaired) electrons. The third-order valence-electron chi connectivity index (χ3n) is 5.49. The second kappa shape index (κ2) is 7.35. The SMILES string of the molecule is Cc1cn2cc(Cn3cc4c(NCc5n[nH]c6ccc(Cl)cc56)nccc4n3)ccc2n1. The van der Waals surface area contributed by atoms with Crippen LogP contribution < -0.4 is 5.32 Å². The number of imidazole rings is 1. The summed E-state index contributed by atoms with van der Waals surface area (Å²) in [7, 11) is 0. The van der Waals surface area contributed by atoms with Crippen molar-refractivity contribution in [2.24, 2.45) is 0 Å². The van der Waals surface area contributed by atoms with E-state index in [1.165, 1.54) is 0 Å². The van der Waals surface area contributed by atoms with Crippen LogP contribution in [0.15, 0.2) is 61.2 Å². The van der Waals surface area contributed by atoms with Gasteiger partial charge >= 0.3 is 0 Å². The molecule has 2 N–H and O–H groups in total. The summed E-state index contributed by atoms with van der Waals surface area (Å²) >= 11 is 6.16. The van der Waals surface area contributed by atoms with Crippen LogP contribution >= 0.6 is 11.6 Å². The largest absolute Gasteiger partial charge is 0.364 e. The van der Waals surface area contributed by atoms with Crippen molar-refractivity contribution < 1.29 is 0 Å². The van der Waals surface area contributed by atoms with Gasteiger partial charge in [0.1, 0.15) is 11.5 Å². The molecule has 0 spiro atoms. The molecule has 0 atom stereocenters. The summed E-state index contributed by atoms with van der Waals surface area (Å²) in [6, 6.07) is 11.7. The van der Waals surface area contributed by atoms with Gasteiger partial charge in [-0.15, -0.1) is 0 Å². The van der Waals surface area contributed by atoms with Crippen molar-refractivity contribution in [2.75, 3.05) is 5.32 Å². The molecule has 9 heteroatoms. The fourth-order valence-electron chi connectivity index (χ4n) is 4.00. The van der Waals surface area contributed by atoms with E-state index in [0.29, 0.717) is 18.1 Å². The zero-order valence-electron chi connectivity index (χ0n) is 17.2. The molecule has 0 bridgehead atoms. The van der Waals surface area contributed by atoms with Crippen LogP contribution in [0.25, 0.3) is 27.5 Å². The molecule has 6 rings (SSSR count). The number of anilines is 1. The van der Waals surface area contributed by atoms with Gasteiger partial charge in [-0.05, 0) is 42.8 Å². The molecule has 0 unspecified atom stereocenters. The Morgan fingerprint density at radius 3 is 2.94 bits per heavy atom. The van der Waals surface area contributed by atoms with Crippen molar-refractivity contribution in [3.8, 4) is 0 Å². The van der Waals surface area contributed by atoms with Gasteiger partial charge in [-0.3, -0.25) is 9.78 Å². The van der Waals surface area contributed by atoms with Crippen LogP contribution in [0.2, 0.25) is 5.02 Å². The minimum atomic E-state index is 0.522. The predicted octanol–water partition coefficient (Wildman–Crippen LogP) is 4.58. The van der Waals surface area contributed by atoms with Gasteiger partial charge in [0.05, 0.1) is 40.9 Å². The van der Waals surface area contributed by atoms with E-state index in [0.717, 1.165) is 50.2 Å². The molecular formula is C23H19ClN8. The van der Waals surface area contributed by atoms with Gasteiger partial charge < -0.3 is 9.72 Å². The van der Waals surface area contributed by atoms with E-state index in [1.807, 2.05) is 58.7 Å². The summed E-state index contributed by atoms with van der Waals surface area (Å²) < 4.78 is 3.98. The molecule has 0 saturated carbocycles. The number of aromatic amines is 1. The highest BCUT2D eigenvalue weighted by atomic mass is 35.5. The first-order chi connectivity index (χ1) is 15.6. The Balaban J connectivity index is 1.27. The maximum atomic E-state index is 6.16. The lowest BCUT2D eigenvalue weighted by atomic mass is 10.2. The standard InChI is InChI=1S/C23H19ClN8/c1-14-10-31-11-15(2-5-22(31)27-14)12-32-13-18-20(30-32)6-7-25-23(18)26-9-21-17-8-16(24)3-4-19(17)28-29-21/h2-8,10-11,13H,9,12H2,1H3,(H,25,26)(H,28,29). The monoisotopic (exact) mass is 442 g/mol. The third kappa shape index (κ3) is 3.34. The lowest BCUT2D eigenvalue weighted by Gasteiger charge is -2.05. The first-order valence-electron chi connectivity index (χ1n) is 10.3. The number of pyridine rings is 2. The Hall–Kier alpha value is -3.91. The number of benzene rings is 1. The topological polar surface area (TPSA) is 88.7 Å². The molecular weight excluding hydrogens is 424 g/mol. The molecule has 0 aliphatic rings. The Bertz CT molecular complexity index is 1590.